The van der Waals surface area contributed by atoms with Gasteiger partial charge >= 0.3 is 0 Å². The highest BCUT2D eigenvalue weighted by Gasteiger charge is 2.16. The lowest BCUT2D eigenvalue weighted by atomic mass is 10.1. The average molecular weight is 317 g/mol. The number of hydrogen-bond donors (Lipinski definition) is 1. The number of ether oxygens (including phenoxy) is 2. The van der Waals surface area contributed by atoms with Crippen molar-refractivity contribution in [2.75, 3.05) is 18.5 Å². The van der Waals surface area contributed by atoms with Gasteiger partial charge in [0.1, 0.15) is 0 Å². The molecule has 0 fully saturated rings. The summed E-state index contributed by atoms with van der Waals surface area (Å²) in [7, 11) is 1.85. The van der Waals surface area contributed by atoms with E-state index in [1.165, 1.54) is 0 Å². The Morgan fingerprint density at radius 2 is 1.83 bits per heavy atom. The number of benzene rings is 1. The van der Waals surface area contributed by atoms with Crippen molar-refractivity contribution < 1.29 is 14.3 Å². The summed E-state index contributed by atoms with van der Waals surface area (Å²) in [6, 6.07) is 5.18. The van der Waals surface area contributed by atoms with Crippen LogP contribution in [-0.2, 0) is 7.05 Å². The predicted octanol–water partition coefficient (Wildman–Crippen LogP) is 3.09. The zero-order valence-electron chi connectivity index (χ0n) is 14.3. The number of anilines is 1. The molecule has 1 aromatic heterocycles. The fraction of sp³-hybridized carbons (Fsp3) is 0.412. The number of aryl methyl sites for hydroxylation is 2. The summed E-state index contributed by atoms with van der Waals surface area (Å²) in [5.41, 5.74) is 2.95. The quantitative estimate of drug-likeness (QED) is 0.889. The summed E-state index contributed by atoms with van der Waals surface area (Å²) in [6.45, 7) is 8.63. The van der Waals surface area contributed by atoms with Gasteiger partial charge in [0.15, 0.2) is 11.5 Å². The lowest BCUT2D eigenvalue weighted by molar-refractivity contribution is 0.102. The first kappa shape index (κ1) is 16.9. The molecule has 1 N–H and O–H groups in total. The van der Waals surface area contributed by atoms with E-state index in [1.807, 2.05) is 34.7 Å². The van der Waals surface area contributed by atoms with Gasteiger partial charge in [0.2, 0.25) is 0 Å². The number of carbonyl (C=O) groups is 1. The van der Waals surface area contributed by atoms with E-state index in [4.69, 9.17) is 9.47 Å². The SMILES string of the molecule is CCOc1ccc(C(=O)Nc2c(C)nn(C)c2C)cc1OCC. The van der Waals surface area contributed by atoms with Crippen LogP contribution < -0.4 is 14.8 Å². The molecule has 6 nitrogen and oxygen atoms in total. The summed E-state index contributed by atoms with van der Waals surface area (Å²) in [6.07, 6.45) is 0. The van der Waals surface area contributed by atoms with Crippen molar-refractivity contribution in [2.45, 2.75) is 27.7 Å². The largest absolute Gasteiger partial charge is 0.490 e. The first-order valence-corrected chi connectivity index (χ1v) is 7.69. The Balaban J connectivity index is 2.26. The second-order valence-electron chi connectivity index (χ2n) is 5.15. The zero-order chi connectivity index (χ0) is 17.0. The summed E-state index contributed by atoms with van der Waals surface area (Å²) in [5, 5.41) is 7.22. The summed E-state index contributed by atoms with van der Waals surface area (Å²) in [5.74, 6) is 1.01. The van der Waals surface area contributed by atoms with Gasteiger partial charge in [0.25, 0.3) is 5.91 Å². The van der Waals surface area contributed by atoms with Crippen molar-refractivity contribution in [2.24, 2.45) is 7.05 Å². The molecule has 124 valence electrons. The van der Waals surface area contributed by atoms with E-state index in [0.717, 1.165) is 17.1 Å². The Morgan fingerprint density at radius 1 is 1.17 bits per heavy atom. The van der Waals surface area contributed by atoms with Gasteiger partial charge in [-0.15, -0.1) is 0 Å². The summed E-state index contributed by atoms with van der Waals surface area (Å²) >= 11 is 0. The molecular formula is C17H23N3O3. The van der Waals surface area contributed by atoms with Crippen molar-refractivity contribution in [1.29, 1.82) is 0 Å². The molecule has 2 rings (SSSR count). The van der Waals surface area contributed by atoms with Gasteiger partial charge in [-0.25, -0.2) is 0 Å². The zero-order valence-corrected chi connectivity index (χ0v) is 14.3. The molecule has 0 spiro atoms. The van der Waals surface area contributed by atoms with Crippen LogP contribution in [0, 0.1) is 13.8 Å². The average Bonchev–Trinajstić information content (AvgIpc) is 2.76. The maximum absolute atomic E-state index is 12.5. The number of aromatic nitrogens is 2. The molecule has 0 unspecified atom stereocenters. The number of nitrogens with zero attached hydrogens (tertiary/aromatic N) is 2. The Morgan fingerprint density at radius 3 is 2.39 bits per heavy atom. The molecule has 6 heteroatoms. The van der Waals surface area contributed by atoms with Crippen LogP contribution in [-0.4, -0.2) is 28.9 Å². The Labute approximate surface area is 136 Å². The number of rotatable bonds is 6. The molecule has 0 bridgehead atoms. The van der Waals surface area contributed by atoms with Gasteiger partial charge in [-0.1, -0.05) is 0 Å². The minimum atomic E-state index is -0.201. The summed E-state index contributed by atoms with van der Waals surface area (Å²) in [4.78, 5) is 12.5. The molecule has 1 heterocycles. The first-order chi connectivity index (χ1) is 11.0. The monoisotopic (exact) mass is 317 g/mol. The van der Waals surface area contributed by atoms with Crippen LogP contribution >= 0.6 is 0 Å². The molecule has 0 aliphatic rings. The van der Waals surface area contributed by atoms with Crippen LogP contribution in [0.1, 0.15) is 35.6 Å². The van der Waals surface area contributed by atoms with Crippen LogP contribution in [0.2, 0.25) is 0 Å². The molecule has 2 aromatic rings. The van der Waals surface area contributed by atoms with E-state index in [2.05, 4.69) is 10.4 Å². The molecule has 0 aliphatic heterocycles. The van der Waals surface area contributed by atoms with Crippen LogP contribution in [0.25, 0.3) is 0 Å². The molecular weight excluding hydrogens is 294 g/mol. The topological polar surface area (TPSA) is 65.4 Å². The van der Waals surface area contributed by atoms with E-state index in [-0.39, 0.29) is 5.91 Å². The maximum Gasteiger partial charge on any atom is 0.255 e. The van der Waals surface area contributed by atoms with E-state index < -0.39 is 0 Å². The Bertz CT molecular complexity index is 707. The van der Waals surface area contributed by atoms with E-state index in [1.54, 1.807) is 22.9 Å². The first-order valence-electron chi connectivity index (χ1n) is 7.69. The highest BCUT2D eigenvalue weighted by molar-refractivity contribution is 6.05. The van der Waals surface area contributed by atoms with Crippen molar-refractivity contribution in [3.8, 4) is 11.5 Å². The van der Waals surface area contributed by atoms with Gasteiger partial charge in [-0.2, -0.15) is 5.10 Å². The Kier molecular flexibility index (Phi) is 5.26. The van der Waals surface area contributed by atoms with Crippen molar-refractivity contribution in [1.82, 2.24) is 9.78 Å². The van der Waals surface area contributed by atoms with Crippen molar-refractivity contribution >= 4 is 11.6 Å². The third-order valence-electron chi connectivity index (χ3n) is 3.55. The minimum absolute atomic E-state index is 0.201. The van der Waals surface area contributed by atoms with E-state index in [0.29, 0.717) is 30.3 Å². The maximum atomic E-state index is 12.5. The predicted molar refractivity (Wildman–Crippen MR) is 89.4 cm³/mol. The molecule has 1 aromatic carbocycles. The number of amides is 1. The molecule has 1 amide bonds. The van der Waals surface area contributed by atoms with Crippen molar-refractivity contribution in [3.05, 3.63) is 35.2 Å². The lowest BCUT2D eigenvalue weighted by Gasteiger charge is -2.12. The Hall–Kier alpha value is -2.50. The van der Waals surface area contributed by atoms with Gasteiger partial charge in [0.05, 0.1) is 30.3 Å². The van der Waals surface area contributed by atoms with Gasteiger partial charge in [-0.05, 0) is 45.9 Å². The smallest absolute Gasteiger partial charge is 0.255 e. The second-order valence-corrected chi connectivity index (χ2v) is 5.15. The van der Waals surface area contributed by atoms with Crippen molar-refractivity contribution in [3.63, 3.8) is 0 Å². The molecule has 0 saturated carbocycles. The summed E-state index contributed by atoms with van der Waals surface area (Å²) < 4.78 is 12.8. The highest BCUT2D eigenvalue weighted by atomic mass is 16.5. The van der Waals surface area contributed by atoms with E-state index in [9.17, 15) is 4.79 Å². The third-order valence-corrected chi connectivity index (χ3v) is 3.55. The van der Waals surface area contributed by atoms with E-state index >= 15 is 0 Å². The number of carbonyl (C=O) groups excluding carboxylic acids is 1. The van der Waals surface area contributed by atoms with Crippen LogP contribution in [0.4, 0.5) is 5.69 Å². The van der Waals surface area contributed by atoms with Crippen LogP contribution in [0.15, 0.2) is 18.2 Å². The lowest BCUT2D eigenvalue weighted by Crippen LogP contribution is -2.13. The van der Waals surface area contributed by atoms with Gasteiger partial charge in [0, 0.05) is 12.6 Å². The van der Waals surface area contributed by atoms with Crippen LogP contribution in [0.3, 0.4) is 0 Å². The van der Waals surface area contributed by atoms with Gasteiger partial charge in [-0.3, -0.25) is 9.48 Å². The molecule has 0 radical (unpaired) electrons. The second kappa shape index (κ2) is 7.17. The third kappa shape index (κ3) is 3.64. The minimum Gasteiger partial charge on any atom is -0.490 e. The molecule has 0 aliphatic carbocycles. The normalized spacial score (nSPS) is 10.5. The van der Waals surface area contributed by atoms with Crippen LogP contribution in [0.5, 0.6) is 11.5 Å². The fourth-order valence-corrected chi connectivity index (χ4v) is 2.33. The standard InChI is InChI=1S/C17H23N3O3/c1-6-22-14-9-8-13(10-15(14)23-7-2)17(21)18-16-11(3)19-20(5)12(16)4/h8-10H,6-7H2,1-5H3,(H,18,21). The molecule has 0 atom stereocenters. The number of hydrogen-bond acceptors (Lipinski definition) is 4. The molecule has 0 saturated heterocycles. The van der Waals surface area contributed by atoms with Gasteiger partial charge < -0.3 is 14.8 Å². The highest BCUT2D eigenvalue weighted by Crippen LogP contribution is 2.29. The fourth-order valence-electron chi connectivity index (χ4n) is 2.33. The number of nitrogens with one attached hydrogen (secondary N) is 1. The molecule has 23 heavy (non-hydrogen) atoms.